The first-order valence-electron chi connectivity index (χ1n) is 6.11. The molecular weight excluding hydrogens is 280 g/mol. The highest BCUT2D eigenvalue weighted by molar-refractivity contribution is 6.33. The van der Waals surface area contributed by atoms with Gasteiger partial charge in [-0.05, 0) is 30.7 Å². The van der Waals surface area contributed by atoms with Crippen molar-refractivity contribution in [3.05, 3.63) is 41.2 Å². The standard InChI is InChI=1S/C14H13ClN2O3/c1-2-7-20-10-5-3-9(4-6-10)13-16-8-11(15)12(17-13)14(18)19/h3-6,8H,2,7H2,1H3,(H,18,19). The SMILES string of the molecule is CCCOc1ccc(-c2ncc(Cl)c(C(=O)O)n2)cc1. The van der Waals surface area contributed by atoms with E-state index in [0.717, 1.165) is 12.2 Å². The fourth-order valence-corrected chi connectivity index (χ4v) is 1.75. The van der Waals surface area contributed by atoms with Gasteiger partial charge >= 0.3 is 5.97 Å². The predicted molar refractivity (Wildman–Crippen MR) is 75.2 cm³/mol. The molecule has 0 aliphatic rings. The molecule has 104 valence electrons. The quantitative estimate of drug-likeness (QED) is 0.915. The van der Waals surface area contributed by atoms with Crippen molar-refractivity contribution in [3.63, 3.8) is 0 Å². The second-order valence-corrected chi connectivity index (χ2v) is 4.48. The zero-order valence-corrected chi connectivity index (χ0v) is 11.6. The molecule has 0 aliphatic heterocycles. The molecule has 0 radical (unpaired) electrons. The summed E-state index contributed by atoms with van der Waals surface area (Å²) in [5.41, 5.74) is 0.496. The first-order chi connectivity index (χ1) is 9.61. The Morgan fingerprint density at radius 2 is 2.05 bits per heavy atom. The molecule has 0 aliphatic carbocycles. The summed E-state index contributed by atoms with van der Waals surface area (Å²) < 4.78 is 5.47. The van der Waals surface area contributed by atoms with Crippen LogP contribution in [0.25, 0.3) is 11.4 Å². The normalized spacial score (nSPS) is 10.3. The van der Waals surface area contributed by atoms with Crippen molar-refractivity contribution in [1.29, 1.82) is 0 Å². The van der Waals surface area contributed by atoms with E-state index in [0.29, 0.717) is 18.0 Å². The van der Waals surface area contributed by atoms with Gasteiger partial charge in [0.25, 0.3) is 0 Å². The fourth-order valence-electron chi connectivity index (χ4n) is 1.58. The van der Waals surface area contributed by atoms with Gasteiger partial charge in [-0.25, -0.2) is 14.8 Å². The van der Waals surface area contributed by atoms with Gasteiger partial charge < -0.3 is 9.84 Å². The molecule has 0 saturated heterocycles. The van der Waals surface area contributed by atoms with Gasteiger partial charge in [-0.3, -0.25) is 0 Å². The van der Waals surface area contributed by atoms with E-state index in [9.17, 15) is 4.79 Å². The number of carboxylic acid groups (broad SMARTS) is 1. The summed E-state index contributed by atoms with van der Waals surface area (Å²) in [6, 6.07) is 7.15. The molecule has 0 fully saturated rings. The van der Waals surface area contributed by atoms with Crippen LogP contribution in [0, 0.1) is 0 Å². The Balaban J connectivity index is 2.27. The van der Waals surface area contributed by atoms with E-state index in [2.05, 4.69) is 9.97 Å². The molecule has 0 atom stereocenters. The van der Waals surface area contributed by atoms with Gasteiger partial charge in [-0.1, -0.05) is 18.5 Å². The van der Waals surface area contributed by atoms with Crippen LogP contribution in [0.15, 0.2) is 30.5 Å². The lowest BCUT2D eigenvalue weighted by Crippen LogP contribution is -2.04. The third-order valence-electron chi connectivity index (χ3n) is 2.53. The molecule has 2 rings (SSSR count). The first-order valence-corrected chi connectivity index (χ1v) is 6.48. The Hall–Kier alpha value is -2.14. The van der Waals surface area contributed by atoms with Crippen LogP contribution >= 0.6 is 11.6 Å². The van der Waals surface area contributed by atoms with Gasteiger partial charge in [0.1, 0.15) is 5.75 Å². The summed E-state index contributed by atoms with van der Waals surface area (Å²) in [5, 5.41) is 9.00. The van der Waals surface area contributed by atoms with E-state index in [1.54, 1.807) is 24.3 Å². The summed E-state index contributed by atoms with van der Waals surface area (Å²) in [6.45, 7) is 2.68. The Morgan fingerprint density at radius 1 is 1.35 bits per heavy atom. The van der Waals surface area contributed by atoms with Crippen LogP contribution in [0.4, 0.5) is 0 Å². The molecule has 6 heteroatoms. The third-order valence-corrected chi connectivity index (χ3v) is 2.81. The molecule has 1 heterocycles. The van der Waals surface area contributed by atoms with Crippen LogP contribution in [0.1, 0.15) is 23.8 Å². The Labute approximate surface area is 121 Å². The van der Waals surface area contributed by atoms with Crippen LogP contribution in [0.2, 0.25) is 5.02 Å². The van der Waals surface area contributed by atoms with Crippen LogP contribution in [-0.4, -0.2) is 27.7 Å². The number of carbonyl (C=O) groups is 1. The molecule has 5 nitrogen and oxygen atoms in total. The maximum absolute atomic E-state index is 11.0. The maximum Gasteiger partial charge on any atom is 0.356 e. The molecule has 0 unspecified atom stereocenters. The molecule has 0 amide bonds. The zero-order chi connectivity index (χ0) is 14.5. The molecule has 2 aromatic rings. The van der Waals surface area contributed by atoms with Crippen LogP contribution in [0.3, 0.4) is 0 Å². The Bertz CT molecular complexity index is 614. The maximum atomic E-state index is 11.0. The average molecular weight is 293 g/mol. The number of benzene rings is 1. The highest BCUT2D eigenvalue weighted by Crippen LogP contribution is 2.22. The van der Waals surface area contributed by atoms with Crippen molar-refractivity contribution in [3.8, 4) is 17.1 Å². The summed E-state index contributed by atoms with van der Waals surface area (Å²) in [6.07, 6.45) is 2.22. The van der Waals surface area contributed by atoms with E-state index >= 15 is 0 Å². The predicted octanol–water partition coefficient (Wildman–Crippen LogP) is 3.28. The molecule has 0 spiro atoms. The Kier molecular flexibility index (Phi) is 4.53. The third kappa shape index (κ3) is 3.24. The average Bonchev–Trinajstić information content (AvgIpc) is 2.46. The van der Waals surface area contributed by atoms with Gasteiger partial charge in [0.05, 0.1) is 17.8 Å². The minimum atomic E-state index is -1.18. The van der Waals surface area contributed by atoms with E-state index in [-0.39, 0.29) is 10.7 Å². The number of nitrogens with zero attached hydrogens (tertiary/aromatic N) is 2. The molecular formula is C14H13ClN2O3. The molecule has 20 heavy (non-hydrogen) atoms. The highest BCUT2D eigenvalue weighted by atomic mass is 35.5. The van der Waals surface area contributed by atoms with Crippen molar-refractivity contribution >= 4 is 17.6 Å². The van der Waals surface area contributed by atoms with Gasteiger partial charge in [0, 0.05) is 5.56 Å². The van der Waals surface area contributed by atoms with Crippen molar-refractivity contribution in [2.75, 3.05) is 6.61 Å². The van der Waals surface area contributed by atoms with E-state index in [1.165, 1.54) is 6.20 Å². The summed E-state index contributed by atoms with van der Waals surface area (Å²) >= 11 is 5.74. The number of hydrogen-bond donors (Lipinski definition) is 1. The lowest BCUT2D eigenvalue weighted by Gasteiger charge is -2.06. The topological polar surface area (TPSA) is 72.3 Å². The van der Waals surface area contributed by atoms with Crippen molar-refractivity contribution in [1.82, 2.24) is 9.97 Å². The fraction of sp³-hybridized carbons (Fsp3) is 0.214. The molecule has 1 aromatic carbocycles. The lowest BCUT2D eigenvalue weighted by molar-refractivity contribution is 0.0690. The number of aromatic nitrogens is 2. The number of carboxylic acids is 1. The summed E-state index contributed by atoms with van der Waals surface area (Å²) in [7, 11) is 0. The van der Waals surface area contributed by atoms with E-state index in [1.807, 2.05) is 6.92 Å². The minimum Gasteiger partial charge on any atom is -0.494 e. The van der Waals surface area contributed by atoms with Crippen LogP contribution < -0.4 is 4.74 Å². The molecule has 1 aromatic heterocycles. The monoisotopic (exact) mass is 292 g/mol. The van der Waals surface area contributed by atoms with Gasteiger partial charge in [0.2, 0.25) is 0 Å². The number of hydrogen-bond acceptors (Lipinski definition) is 4. The van der Waals surface area contributed by atoms with E-state index < -0.39 is 5.97 Å². The summed E-state index contributed by atoms with van der Waals surface area (Å²) in [4.78, 5) is 19.0. The van der Waals surface area contributed by atoms with Crippen molar-refractivity contribution in [2.24, 2.45) is 0 Å². The van der Waals surface area contributed by atoms with Gasteiger partial charge in [0.15, 0.2) is 11.5 Å². The largest absolute Gasteiger partial charge is 0.494 e. The zero-order valence-electron chi connectivity index (χ0n) is 10.8. The van der Waals surface area contributed by atoms with Crippen molar-refractivity contribution < 1.29 is 14.6 Å². The molecule has 1 N–H and O–H groups in total. The van der Waals surface area contributed by atoms with E-state index in [4.69, 9.17) is 21.4 Å². The number of aromatic carboxylic acids is 1. The Morgan fingerprint density at radius 3 is 2.65 bits per heavy atom. The number of ether oxygens (including phenoxy) is 1. The van der Waals surface area contributed by atoms with Crippen LogP contribution in [-0.2, 0) is 0 Å². The summed E-state index contributed by atoms with van der Waals surface area (Å²) in [5.74, 6) is -0.113. The second-order valence-electron chi connectivity index (χ2n) is 4.07. The number of halogens is 1. The lowest BCUT2D eigenvalue weighted by atomic mass is 10.2. The van der Waals surface area contributed by atoms with Gasteiger partial charge in [-0.2, -0.15) is 0 Å². The highest BCUT2D eigenvalue weighted by Gasteiger charge is 2.13. The molecule has 0 bridgehead atoms. The first kappa shape index (κ1) is 14.3. The van der Waals surface area contributed by atoms with Crippen molar-refractivity contribution in [2.45, 2.75) is 13.3 Å². The molecule has 0 saturated carbocycles. The minimum absolute atomic E-state index is 0.0177. The van der Waals surface area contributed by atoms with Gasteiger partial charge in [-0.15, -0.1) is 0 Å². The smallest absolute Gasteiger partial charge is 0.356 e. The number of rotatable bonds is 5. The second kappa shape index (κ2) is 6.34. The van der Waals surface area contributed by atoms with Crippen LogP contribution in [0.5, 0.6) is 5.75 Å².